The van der Waals surface area contributed by atoms with Gasteiger partial charge in [-0.2, -0.15) is 4.52 Å². The first-order chi connectivity index (χ1) is 15.5. The molecule has 0 bridgehead atoms. The summed E-state index contributed by atoms with van der Waals surface area (Å²) in [6, 6.07) is 14.3. The quantitative estimate of drug-likeness (QED) is 0.454. The number of thiazole rings is 1. The van der Waals surface area contributed by atoms with Crippen molar-refractivity contribution in [2.75, 3.05) is 31.1 Å². The number of aromatic hydroxyl groups is 1. The number of aryl methyl sites for hydroxylation is 1. The van der Waals surface area contributed by atoms with E-state index < -0.39 is 0 Å². The summed E-state index contributed by atoms with van der Waals surface area (Å²) in [5, 5.41) is 16.2. The lowest BCUT2D eigenvalue weighted by molar-refractivity contribution is 0.211. The maximum atomic E-state index is 13.3. The van der Waals surface area contributed by atoms with Crippen molar-refractivity contribution in [1.82, 2.24) is 19.5 Å². The molecular formula is C23H23ClFN5OS. The number of aromatic nitrogens is 3. The first kappa shape index (κ1) is 21.2. The Morgan fingerprint density at radius 3 is 2.38 bits per heavy atom. The zero-order valence-corrected chi connectivity index (χ0v) is 19.2. The normalized spacial score (nSPS) is 16.0. The first-order valence-corrected chi connectivity index (χ1v) is 11.8. The van der Waals surface area contributed by atoms with Gasteiger partial charge in [0.05, 0.1) is 10.9 Å². The topological polar surface area (TPSA) is 56.9 Å². The van der Waals surface area contributed by atoms with E-state index >= 15 is 0 Å². The zero-order chi connectivity index (χ0) is 22.2. The van der Waals surface area contributed by atoms with Crippen LogP contribution in [-0.2, 0) is 6.42 Å². The number of hydrogen-bond donors (Lipinski definition) is 1. The Morgan fingerprint density at radius 2 is 1.75 bits per heavy atom. The van der Waals surface area contributed by atoms with Crippen molar-refractivity contribution in [3.05, 3.63) is 75.6 Å². The SMILES string of the molecule is CCc1nc2sc(C(c3ccc(Cl)cc3)N3CCN(c4ccc(F)cc4)CC3)c(O)n2n1. The molecule has 166 valence electrons. The third kappa shape index (κ3) is 3.94. The van der Waals surface area contributed by atoms with Crippen LogP contribution >= 0.6 is 22.9 Å². The molecule has 2 aromatic heterocycles. The summed E-state index contributed by atoms with van der Waals surface area (Å²) in [4.78, 5) is 10.7. The summed E-state index contributed by atoms with van der Waals surface area (Å²) in [7, 11) is 0. The number of hydrogen-bond acceptors (Lipinski definition) is 6. The molecule has 0 amide bonds. The van der Waals surface area contributed by atoms with Gasteiger partial charge in [-0.25, -0.2) is 9.37 Å². The Bertz CT molecular complexity index is 1220. The maximum absolute atomic E-state index is 13.3. The van der Waals surface area contributed by atoms with Crippen LogP contribution in [0.1, 0.15) is 29.2 Å². The van der Waals surface area contributed by atoms with E-state index in [2.05, 4.69) is 19.9 Å². The summed E-state index contributed by atoms with van der Waals surface area (Å²) in [5.74, 6) is 0.625. The lowest BCUT2D eigenvalue weighted by Gasteiger charge is -2.40. The fourth-order valence-electron chi connectivity index (χ4n) is 4.18. The predicted octanol–water partition coefficient (Wildman–Crippen LogP) is 4.76. The molecule has 1 aliphatic rings. The average molecular weight is 472 g/mol. The molecule has 1 aliphatic heterocycles. The molecule has 2 aromatic carbocycles. The van der Waals surface area contributed by atoms with E-state index in [0.717, 1.165) is 48.7 Å². The molecule has 0 radical (unpaired) electrons. The summed E-state index contributed by atoms with van der Waals surface area (Å²) in [5.41, 5.74) is 2.07. The molecule has 0 saturated carbocycles. The van der Waals surface area contributed by atoms with Gasteiger partial charge in [-0.05, 0) is 42.0 Å². The third-order valence-corrected chi connectivity index (χ3v) is 7.19. The van der Waals surface area contributed by atoms with Crippen LogP contribution in [0.15, 0.2) is 48.5 Å². The number of rotatable bonds is 5. The Kier molecular flexibility index (Phi) is 5.75. The number of benzene rings is 2. The van der Waals surface area contributed by atoms with E-state index in [1.807, 2.05) is 43.3 Å². The van der Waals surface area contributed by atoms with Crippen molar-refractivity contribution in [1.29, 1.82) is 0 Å². The van der Waals surface area contributed by atoms with Gasteiger partial charge < -0.3 is 10.0 Å². The minimum absolute atomic E-state index is 0.137. The van der Waals surface area contributed by atoms with E-state index in [1.165, 1.54) is 28.0 Å². The van der Waals surface area contributed by atoms with E-state index in [0.29, 0.717) is 15.8 Å². The van der Waals surface area contributed by atoms with Gasteiger partial charge in [-0.1, -0.05) is 42.0 Å². The van der Waals surface area contributed by atoms with Crippen LogP contribution in [0.5, 0.6) is 5.88 Å². The fourth-order valence-corrected chi connectivity index (χ4v) is 5.44. The molecule has 32 heavy (non-hydrogen) atoms. The highest BCUT2D eigenvalue weighted by Gasteiger charge is 2.31. The number of halogens is 2. The molecule has 1 fully saturated rings. The molecule has 4 aromatic rings. The van der Waals surface area contributed by atoms with Gasteiger partial charge >= 0.3 is 0 Å². The Balaban J connectivity index is 1.46. The van der Waals surface area contributed by atoms with Crippen LogP contribution in [0.25, 0.3) is 4.96 Å². The van der Waals surface area contributed by atoms with E-state index in [-0.39, 0.29) is 17.7 Å². The van der Waals surface area contributed by atoms with Crippen LogP contribution in [-0.4, -0.2) is 50.8 Å². The van der Waals surface area contributed by atoms with Gasteiger partial charge in [-0.3, -0.25) is 4.90 Å². The van der Waals surface area contributed by atoms with Crippen LogP contribution in [0.2, 0.25) is 5.02 Å². The molecule has 0 spiro atoms. The minimum Gasteiger partial charge on any atom is -0.492 e. The third-order valence-electron chi connectivity index (χ3n) is 5.87. The van der Waals surface area contributed by atoms with Crippen molar-refractivity contribution < 1.29 is 9.50 Å². The van der Waals surface area contributed by atoms with Crippen molar-refractivity contribution in [2.45, 2.75) is 19.4 Å². The Hall–Kier alpha value is -2.68. The van der Waals surface area contributed by atoms with Crippen LogP contribution in [0.4, 0.5) is 10.1 Å². The van der Waals surface area contributed by atoms with E-state index in [9.17, 15) is 9.50 Å². The molecule has 9 heteroatoms. The summed E-state index contributed by atoms with van der Waals surface area (Å²) in [6.45, 7) is 5.18. The first-order valence-electron chi connectivity index (χ1n) is 10.6. The van der Waals surface area contributed by atoms with Crippen LogP contribution in [0.3, 0.4) is 0 Å². The predicted molar refractivity (Wildman–Crippen MR) is 125 cm³/mol. The van der Waals surface area contributed by atoms with Gasteiger partial charge in [0.1, 0.15) is 5.82 Å². The van der Waals surface area contributed by atoms with E-state index in [1.54, 1.807) is 0 Å². The van der Waals surface area contributed by atoms with Gasteiger partial charge in [0.15, 0.2) is 5.82 Å². The van der Waals surface area contributed by atoms with Gasteiger partial charge in [0, 0.05) is 43.3 Å². The van der Waals surface area contributed by atoms with Crippen molar-refractivity contribution in [2.24, 2.45) is 0 Å². The fraction of sp³-hybridized carbons (Fsp3) is 0.304. The maximum Gasteiger partial charge on any atom is 0.230 e. The molecule has 1 saturated heterocycles. The summed E-state index contributed by atoms with van der Waals surface area (Å²) in [6.07, 6.45) is 0.717. The van der Waals surface area contributed by atoms with E-state index in [4.69, 9.17) is 11.6 Å². The second-order valence-corrected chi connectivity index (χ2v) is 9.26. The number of fused-ring (bicyclic) bond motifs is 1. The summed E-state index contributed by atoms with van der Waals surface area (Å²) >= 11 is 7.61. The van der Waals surface area contributed by atoms with Crippen molar-refractivity contribution in [3.8, 4) is 5.88 Å². The molecular weight excluding hydrogens is 449 g/mol. The second-order valence-electron chi connectivity index (χ2n) is 7.82. The molecule has 1 unspecified atom stereocenters. The number of nitrogens with zero attached hydrogens (tertiary/aromatic N) is 5. The lowest BCUT2D eigenvalue weighted by Crippen LogP contribution is -2.47. The highest BCUT2D eigenvalue weighted by molar-refractivity contribution is 7.17. The summed E-state index contributed by atoms with van der Waals surface area (Å²) < 4.78 is 14.8. The highest BCUT2D eigenvalue weighted by Crippen LogP contribution is 2.40. The van der Waals surface area contributed by atoms with Crippen molar-refractivity contribution in [3.63, 3.8) is 0 Å². The second kappa shape index (κ2) is 8.69. The smallest absolute Gasteiger partial charge is 0.230 e. The van der Waals surface area contributed by atoms with Gasteiger partial charge in [0.2, 0.25) is 10.8 Å². The zero-order valence-electron chi connectivity index (χ0n) is 17.6. The standard InChI is InChI=1S/C23H23ClFN5OS/c1-2-19-26-23-30(27-19)22(31)21(32-23)20(15-3-5-16(24)6-4-15)29-13-11-28(12-14-29)18-9-7-17(25)8-10-18/h3-10,20,31H,2,11-14H2,1H3. The largest absolute Gasteiger partial charge is 0.492 e. The number of anilines is 1. The number of piperazine rings is 1. The molecule has 1 N–H and O–H groups in total. The molecule has 1 atom stereocenters. The average Bonchev–Trinajstić information content (AvgIpc) is 3.35. The molecule has 6 nitrogen and oxygen atoms in total. The van der Waals surface area contributed by atoms with Crippen molar-refractivity contribution >= 4 is 33.6 Å². The Morgan fingerprint density at radius 1 is 1.06 bits per heavy atom. The molecule has 0 aliphatic carbocycles. The monoisotopic (exact) mass is 471 g/mol. The lowest BCUT2D eigenvalue weighted by atomic mass is 10.0. The van der Waals surface area contributed by atoms with Gasteiger partial charge in [-0.15, -0.1) is 5.10 Å². The van der Waals surface area contributed by atoms with Crippen LogP contribution in [0, 0.1) is 5.82 Å². The van der Waals surface area contributed by atoms with Crippen LogP contribution < -0.4 is 4.90 Å². The Labute approximate surface area is 194 Å². The molecule has 5 rings (SSSR count). The minimum atomic E-state index is -0.229. The highest BCUT2D eigenvalue weighted by atomic mass is 35.5. The molecule has 3 heterocycles. The van der Waals surface area contributed by atoms with Gasteiger partial charge in [0.25, 0.3) is 0 Å².